The van der Waals surface area contributed by atoms with Gasteiger partial charge >= 0.3 is 0 Å². The Labute approximate surface area is 174 Å². The number of H-pyrrole nitrogens is 1. The number of benzene rings is 1. The van der Waals surface area contributed by atoms with Crippen molar-refractivity contribution >= 4 is 18.3 Å². The average Bonchev–Trinajstić information content (AvgIpc) is 3.17. The van der Waals surface area contributed by atoms with Gasteiger partial charge in [0.2, 0.25) is 5.88 Å². The number of methoxy groups -OCH3 is 1. The Bertz CT molecular complexity index is 992. The Hall–Kier alpha value is -3.10. The molecule has 0 radical (unpaired) electrons. The topological polar surface area (TPSA) is 101 Å². The standard InChI is InChI=1S/C20H21N5O3.ClH/c1-27-14-5-2-6-15(10-14)28-20-13(4-3-8-22-20)11-23-19(26)18-16-12-21-9-7-17(16)24-25-18;/h2-6,8,10,21H,7,9,11-12H2,1H3,(H,23,26)(H,24,25);1H. The van der Waals surface area contributed by atoms with Crippen LogP contribution >= 0.6 is 12.4 Å². The van der Waals surface area contributed by atoms with E-state index in [1.165, 1.54) is 0 Å². The minimum absolute atomic E-state index is 0. The maximum atomic E-state index is 12.6. The van der Waals surface area contributed by atoms with Crippen LogP contribution in [-0.4, -0.2) is 34.7 Å². The molecule has 0 saturated heterocycles. The van der Waals surface area contributed by atoms with Crippen LogP contribution in [0.1, 0.15) is 27.3 Å². The molecule has 9 heteroatoms. The molecular weight excluding hydrogens is 394 g/mol. The number of amides is 1. The van der Waals surface area contributed by atoms with E-state index < -0.39 is 0 Å². The zero-order valence-electron chi connectivity index (χ0n) is 15.9. The molecule has 3 N–H and O–H groups in total. The first-order chi connectivity index (χ1) is 13.7. The Balaban J connectivity index is 0.00000240. The first-order valence-electron chi connectivity index (χ1n) is 9.05. The summed E-state index contributed by atoms with van der Waals surface area (Å²) in [4.78, 5) is 16.9. The number of aromatic nitrogens is 3. The van der Waals surface area contributed by atoms with Gasteiger partial charge in [0.15, 0.2) is 5.69 Å². The molecule has 0 saturated carbocycles. The monoisotopic (exact) mass is 415 g/mol. The van der Waals surface area contributed by atoms with E-state index in [0.29, 0.717) is 29.6 Å². The molecule has 152 valence electrons. The van der Waals surface area contributed by atoms with Crippen LogP contribution in [0.4, 0.5) is 0 Å². The molecule has 0 fully saturated rings. The third kappa shape index (κ3) is 4.67. The Kier molecular flexibility index (Phi) is 6.69. The van der Waals surface area contributed by atoms with E-state index >= 15 is 0 Å². The fourth-order valence-corrected chi connectivity index (χ4v) is 3.10. The maximum absolute atomic E-state index is 12.6. The molecule has 0 unspecified atom stereocenters. The molecule has 0 atom stereocenters. The van der Waals surface area contributed by atoms with E-state index in [1.54, 1.807) is 25.4 Å². The maximum Gasteiger partial charge on any atom is 0.272 e. The summed E-state index contributed by atoms with van der Waals surface area (Å²) in [5, 5.41) is 13.3. The van der Waals surface area contributed by atoms with Crippen molar-refractivity contribution in [1.82, 2.24) is 25.8 Å². The molecule has 0 spiro atoms. The van der Waals surface area contributed by atoms with Gasteiger partial charge in [-0.15, -0.1) is 12.4 Å². The molecule has 4 rings (SSSR count). The van der Waals surface area contributed by atoms with Crippen LogP contribution in [0.2, 0.25) is 0 Å². The largest absolute Gasteiger partial charge is 0.497 e. The van der Waals surface area contributed by atoms with E-state index in [9.17, 15) is 4.79 Å². The molecule has 1 aliphatic heterocycles. The highest BCUT2D eigenvalue weighted by Gasteiger charge is 2.21. The first-order valence-corrected chi connectivity index (χ1v) is 9.05. The molecule has 0 bridgehead atoms. The van der Waals surface area contributed by atoms with E-state index in [2.05, 4.69) is 25.8 Å². The second-order valence-corrected chi connectivity index (χ2v) is 6.39. The van der Waals surface area contributed by atoms with E-state index in [4.69, 9.17) is 9.47 Å². The molecule has 3 heterocycles. The highest BCUT2D eigenvalue weighted by molar-refractivity contribution is 5.94. The van der Waals surface area contributed by atoms with Gasteiger partial charge in [-0.3, -0.25) is 9.89 Å². The van der Waals surface area contributed by atoms with Gasteiger partial charge in [0.1, 0.15) is 11.5 Å². The normalized spacial score (nSPS) is 12.4. The predicted molar refractivity (Wildman–Crippen MR) is 110 cm³/mol. The van der Waals surface area contributed by atoms with Crippen molar-refractivity contribution in [3.63, 3.8) is 0 Å². The number of hydrogen-bond acceptors (Lipinski definition) is 6. The third-order valence-corrected chi connectivity index (χ3v) is 4.57. The van der Waals surface area contributed by atoms with Crippen LogP contribution in [0.5, 0.6) is 17.4 Å². The average molecular weight is 416 g/mol. The summed E-state index contributed by atoms with van der Waals surface area (Å²) in [7, 11) is 1.60. The fourth-order valence-electron chi connectivity index (χ4n) is 3.10. The zero-order valence-corrected chi connectivity index (χ0v) is 16.7. The van der Waals surface area contributed by atoms with Crippen LogP contribution in [-0.2, 0) is 19.5 Å². The minimum Gasteiger partial charge on any atom is -0.497 e. The number of rotatable bonds is 6. The lowest BCUT2D eigenvalue weighted by molar-refractivity contribution is 0.0944. The van der Waals surface area contributed by atoms with E-state index in [0.717, 1.165) is 29.8 Å². The van der Waals surface area contributed by atoms with Crippen molar-refractivity contribution in [3.05, 3.63) is 65.1 Å². The number of pyridine rings is 1. The summed E-state index contributed by atoms with van der Waals surface area (Å²) in [6.45, 7) is 1.81. The van der Waals surface area contributed by atoms with Gasteiger partial charge in [-0.2, -0.15) is 5.10 Å². The van der Waals surface area contributed by atoms with Crippen LogP contribution in [0.15, 0.2) is 42.6 Å². The summed E-state index contributed by atoms with van der Waals surface area (Å²) in [5.41, 5.74) is 3.15. The van der Waals surface area contributed by atoms with Gasteiger partial charge in [-0.05, 0) is 18.2 Å². The first kappa shape index (κ1) is 20.6. The second-order valence-electron chi connectivity index (χ2n) is 6.39. The summed E-state index contributed by atoms with van der Waals surface area (Å²) in [6, 6.07) is 11.0. The summed E-state index contributed by atoms with van der Waals surface area (Å²) in [6.07, 6.45) is 2.49. The number of hydrogen-bond donors (Lipinski definition) is 3. The molecular formula is C20H22ClN5O3. The number of carbonyl (C=O) groups excluding carboxylic acids is 1. The smallest absolute Gasteiger partial charge is 0.272 e. The van der Waals surface area contributed by atoms with Crippen LogP contribution in [0.25, 0.3) is 0 Å². The highest BCUT2D eigenvalue weighted by atomic mass is 35.5. The molecule has 3 aromatic rings. The SMILES string of the molecule is COc1cccc(Oc2ncccc2CNC(=O)c2n[nH]c3c2CNCC3)c1.Cl. The zero-order chi connectivity index (χ0) is 19.3. The fraction of sp³-hybridized carbons (Fsp3) is 0.250. The van der Waals surface area contributed by atoms with Gasteiger partial charge < -0.3 is 20.1 Å². The third-order valence-electron chi connectivity index (χ3n) is 4.57. The Morgan fingerprint density at radius 1 is 1.24 bits per heavy atom. The second kappa shape index (κ2) is 9.40. The lowest BCUT2D eigenvalue weighted by Crippen LogP contribution is -2.28. The van der Waals surface area contributed by atoms with Gasteiger partial charge in [0.05, 0.1) is 7.11 Å². The van der Waals surface area contributed by atoms with Crippen LogP contribution in [0, 0.1) is 0 Å². The predicted octanol–water partition coefficient (Wildman–Crippen LogP) is 2.60. The molecule has 1 amide bonds. The number of aromatic amines is 1. The number of nitrogens with zero attached hydrogens (tertiary/aromatic N) is 2. The Morgan fingerprint density at radius 3 is 2.97 bits per heavy atom. The van der Waals surface area contributed by atoms with Gasteiger partial charge in [-0.25, -0.2) is 4.98 Å². The summed E-state index contributed by atoms with van der Waals surface area (Å²) in [5.74, 6) is 1.51. The van der Waals surface area contributed by atoms with Crippen molar-refractivity contribution < 1.29 is 14.3 Å². The molecule has 1 aliphatic rings. The lowest BCUT2D eigenvalue weighted by Gasteiger charge is -2.13. The Morgan fingerprint density at radius 2 is 2.10 bits per heavy atom. The van der Waals surface area contributed by atoms with Crippen molar-refractivity contribution in [2.45, 2.75) is 19.5 Å². The number of fused-ring (bicyclic) bond motifs is 1. The number of ether oxygens (including phenoxy) is 2. The summed E-state index contributed by atoms with van der Waals surface area (Å²) >= 11 is 0. The molecule has 1 aromatic carbocycles. The van der Waals surface area contributed by atoms with Crippen molar-refractivity contribution in [2.75, 3.05) is 13.7 Å². The number of halogens is 1. The molecule has 29 heavy (non-hydrogen) atoms. The minimum atomic E-state index is -0.225. The van der Waals surface area contributed by atoms with Crippen molar-refractivity contribution in [3.8, 4) is 17.4 Å². The molecule has 8 nitrogen and oxygen atoms in total. The van der Waals surface area contributed by atoms with Crippen LogP contribution < -0.4 is 20.1 Å². The number of carbonyl (C=O) groups is 1. The van der Waals surface area contributed by atoms with Gasteiger partial charge in [0, 0.05) is 55.1 Å². The summed E-state index contributed by atoms with van der Waals surface area (Å²) < 4.78 is 11.1. The van der Waals surface area contributed by atoms with Crippen molar-refractivity contribution in [2.24, 2.45) is 0 Å². The van der Waals surface area contributed by atoms with Crippen LogP contribution in [0.3, 0.4) is 0 Å². The molecule has 2 aromatic heterocycles. The highest BCUT2D eigenvalue weighted by Crippen LogP contribution is 2.26. The van der Waals surface area contributed by atoms with E-state index in [1.807, 2.05) is 24.3 Å². The van der Waals surface area contributed by atoms with Gasteiger partial charge in [0.25, 0.3) is 5.91 Å². The van der Waals surface area contributed by atoms with E-state index in [-0.39, 0.29) is 24.9 Å². The molecule has 0 aliphatic carbocycles. The number of nitrogens with one attached hydrogen (secondary N) is 3. The van der Waals surface area contributed by atoms with Gasteiger partial charge in [-0.1, -0.05) is 12.1 Å². The van der Waals surface area contributed by atoms with Crippen molar-refractivity contribution in [1.29, 1.82) is 0 Å². The lowest BCUT2D eigenvalue weighted by atomic mass is 10.1. The quantitative estimate of drug-likeness (QED) is 0.572.